The molecule has 5 nitrogen and oxygen atoms in total. The highest BCUT2D eigenvalue weighted by atomic mass is 16.5. The lowest BCUT2D eigenvalue weighted by molar-refractivity contribution is -0.153. The summed E-state index contributed by atoms with van der Waals surface area (Å²) < 4.78 is 5.34. The Kier molecular flexibility index (Phi) is 3.14. The number of aliphatic carboxylic acids is 1. The van der Waals surface area contributed by atoms with Crippen molar-refractivity contribution in [2.24, 2.45) is 11.8 Å². The van der Waals surface area contributed by atoms with Crippen LogP contribution in [-0.2, 0) is 14.3 Å². The van der Waals surface area contributed by atoms with Crippen molar-refractivity contribution in [1.29, 1.82) is 0 Å². The third-order valence-electron chi connectivity index (χ3n) is 3.63. The third-order valence-corrected chi connectivity index (χ3v) is 3.63. The van der Waals surface area contributed by atoms with Crippen molar-refractivity contribution < 1.29 is 19.4 Å². The van der Waals surface area contributed by atoms with Gasteiger partial charge in [0.25, 0.3) is 0 Å². The number of carbonyl (C=O) groups is 2. The topological polar surface area (TPSA) is 75.6 Å². The van der Waals surface area contributed by atoms with Crippen molar-refractivity contribution in [2.45, 2.75) is 38.3 Å². The van der Waals surface area contributed by atoms with Crippen LogP contribution in [0.1, 0.15) is 26.2 Å². The van der Waals surface area contributed by atoms with E-state index in [1.165, 1.54) is 0 Å². The fourth-order valence-corrected chi connectivity index (χ4v) is 2.32. The predicted molar refractivity (Wildman–Crippen MR) is 55.8 cm³/mol. The van der Waals surface area contributed by atoms with Crippen molar-refractivity contribution in [3.8, 4) is 0 Å². The Morgan fingerprint density at radius 3 is 2.38 bits per heavy atom. The fraction of sp³-hybridized carbons (Fsp3) is 0.818. The van der Waals surface area contributed by atoms with Gasteiger partial charge in [-0.3, -0.25) is 9.59 Å². The van der Waals surface area contributed by atoms with Crippen molar-refractivity contribution in [3.05, 3.63) is 0 Å². The molecule has 1 saturated heterocycles. The molecule has 0 aromatic carbocycles. The molecule has 4 unspecified atom stereocenters. The molecule has 4 atom stereocenters. The zero-order valence-corrected chi connectivity index (χ0v) is 9.31. The van der Waals surface area contributed by atoms with E-state index in [4.69, 9.17) is 9.84 Å². The van der Waals surface area contributed by atoms with Gasteiger partial charge in [0.2, 0.25) is 5.91 Å². The van der Waals surface area contributed by atoms with Crippen LogP contribution >= 0.6 is 0 Å². The van der Waals surface area contributed by atoms with Crippen LogP contribution in [-0.4, -0.2) is 35.7 Å². The minimum Gasteiger partial charge on any atom is -0.481 e. The number of amides is 1. The highest BCUT2D eigenvalue weighted by Gasteiger charge is 2.42. The summed E-state index contributed by atoms with van der Waals surface area (Å²) >= 11 is 0. The van der Waals surface area contributed by atoms with Crippen LogP contribution in [0.5, 0.6) is 0 Å². The smallest absolute Gasteiger partial charge is 0.307 e. The largest absolute Gasteiger partial charge is 0.481 e. The summed E-state index contributed by atoms with van der Waals surface area (Å²) in [4.78, 5) is 22.6. The lowest BCUT2D eigenvalue weighted by atomic mass is 9.73. The van der Waals surface area contributed by atoms with Gasteiger partial charge >= 0.3 is 5.97 Å². The summed E-state index contributed by atoms with van der Waals surface area (Å²) in [5, 5.41) is 11.7. The van der Waals surface area contributed by atoms with Gasteiger partial charge in [-0.05, 0) is 26.2 Å². The normalized spacial score (nSPS) is 37.8. The van der Waals surface area contributed by atoms with Gasteiger partial charge in [0.15, 0.2) is 0 Å². The summed E-state index contributed by atoms with van der Waals surface area (Å²) in [6.07, 6.45) is 2.15. The number of carboxylic acids is 1. The van der Waals surface area contributed by atoms with Crippen LogP contribution in [0, 0.1) is 11.8 Å². The van der Waals surface area contributed by atoms with Gasteiger partial charge in [0.05, 0.1) is 24.0 Å². The standard InChI is InChI=1S/C11H17NO4/c1-6-9(4-5-16-6)12-10(13)7-2-3-8(7)11(14)15/h6-9H,2-5H2,1H3,(H,12,13)(H,14,15). The Balaban J connectivity index is 1.86. The third kappa shape index (κ3) is 2.04. The molecule has 2 fully saturated rings. The van der Waals surface area contributed by atoms with E-state index in [2.05, 4.69) is 5.32 Å². The number of hydrogen-bond donors (Lipinski definition) is 2. The van der Waals surface area contributed by atoms with Gasteiger partial charge in [-0.25, -0.2) is 0 Å². The lowest BCUT2D eigenvalue weighted by Gasteiger charge is -2.33. The Morgan fingerprint density at radius 1 is 1.25 bits per heavy atom. The highest BCUT2D eigenvalue weighted by molar-refractivity contribution is 5.86. The van der Waals surface area contributed by atoms with Gasteiger partial charge in [-0.15, -0.1) is 0 Å². The maximum absolute atomic E-state index is 11.8. The van der Waals surface area contributed by atoms with E-state index in [9.17, 15) is 9.59 Å². The molecule has 0 radical (unpaired) electrons. The van der Waals surface area contributed by atoms with Crippen molar-refractivity contribution in [1.82, 2.24) is 5.32 Å². The molecule has 0 bridgehead atoms. The monoisotopic (exact) mass is 227 g/mol. The van der Waals surface area contributed by atoms with Gasteiger partial charge in [-0.2, -0.15) is 0 Å². The molecule has 90 valence electrons. The van der Waals surface area contributed by atoms with Crippen LogP contribution in [0.3, 0.4) is 0 Å². The number of ether oxygens (including phenoxy) is 1. The molecule has 16 heavy (non-hydrogen) atoms. The van der Waals surface area contributed by atoms with Gasteiger partial charge in [-0.1, -0.05) is 0 Å². The Bertz CT molecular complexity index is 304. The van der Waals surface area contributed by atoms with Gasteiger partial charge in [0, 0.05) is 6.61 Å². The molecule has 2 N–H and O–H groups in total. The Hall–Kier alpha value is -1.10. The second-order valence-electron chi connectivity index (χ2n) is 4.61. The molecule has 1 amide bonds. The molecular weight excluding hydrogens is 210 g/mol. The molecule has 0 aromatic heterocycles. The Morgan fingerprint density at radius 2 is 1.94 bits per heavy atom. The zero-order valence-electron chi connectivity index (χ0n) is 9.31. The molecular formula is C11H17NO4. The fourth-order valence-electron chi connectivity index (χ4n) is 2.32. The van der Waals surface area contributed by atoms with Crippen LogP contribution in [0.25, 0.3) is 0 Å². The number of rotatable bonds is 3. The van der Waals surface area contributed by atoms with Crippen molar-refractivity contribution in [2.75, 3.05) is 6.61 Å². The number of nitrogens with one attached hydrogen (secondary N) is 1. The molecule has 5 heteroatoms. The number of carbonyl (C=O) groups excluding carboxylic acids is 1. The van der Waals surface area contributed by atoms with E-state index >= 15 is 0 Å². The van der Waals surface area contributed by atoms with Crippen LogP contribution in [0.2, 0.25) is 0 Å². The van der Waals surface area contributed by atoms with E-state index < -0.39 is 11.9 Å². The number of carboxylic acid groups (broad SMARTS) is 1. The average Bonchev–Trinajstić information content (AvgIpc) is 2.48. The van der Waals surface area contributed by atoms with Gasteiger partial charge < -0.3 is 15.2 Å². The first-order chi connectivity index (χ1) is 7.59. The first-order valence-corrected chi connectivity index (χ1v) is 5.74. The maximum atomic E-state index is 11.8. The first-order valence-electron chi connectivity index (χ1n) is 5.74. The predicted octanol–water partition coefficient (Wildman–Crippen LogP) is 0.391. The van der Waals surface area contributed by atoms with E-state index in [0.29, 0.717) is 19.4 Å². The van der Waals surface area contributed by atoms with E-state index in [1.54, 1.807) is 0 Å². The van der Waals surface area contributed by atoms with Gasteiger partial charge in [0.1, 0.15) is 0 Å². The second kappa shape index (κ2) is 4.41. The van der Waals surface area contributed by atoms with E-state index in [0.717, 1.165) is 6.42 Å². The molecule has 1 aliphatic carbocycles. The second-order valence-corrected chi connectivity index (χ2v) is 4.61. The molecule has 1 saturated carbocycles. The Labute approximate surface area is 94.2 Å². The SMILES string of the molecule is CC1OCCC1NC(=O)C1CCC1C(=O)O. The lowest BCUT2D eigenvalue weighted by Crippen LogP contribution is -2.48. The summed E-state index contributed by atoms with van der Waals surface area (Å²) in [6.45, 7) is 2.59. The van der Waals surface area contributed by atoms with Crippen LogP contribution in [0.4, 0.5) is 0 Å². The molecule has 1 heterocycles. The van der Waals surface area contributed by atoms with Crippen molar-refractivity contribution in [3.63, 3.8) is 0 Å². The highest BCUT2D eigenvalue weighted by Crippen LogP contribution is 2.34. The van der Waals surface area contributed by atoms with Crippen LogP contribution in [0.15, 0.2) is 0 Å². The quantitative estimate of drug-likeness (QED) is 0.731. The maximum Gasteiger partial charge on any atom is 0.307 e. The number of hydrogen-bond acceptors (Lipinski definition) is 3. The van der Waals surface area contributed by atoms with E-state index in [1.807, 2.05) is 6.92 Å². The van der Waals surface area contributed by atoms with E-state index in [-0.39, 0.29) is 24.0 Å². The molecule has 2 rings (SSSR count). The molecule has 0 spiro atoms. The first kappa shape index (κ1) is 11.4. The van der Waals surface area contributed by atoms with Crippen LogP contribution < -0.4 is 5.32 Å². The molecule has 2 aliphatic rings. The summed E-state index contributed by atoms with van der Waals surface area (Å²) in [5.41, 5.74) is 0. The minimum atomic E-state index is -0.859. The average molecular weight is 227 g/mol. The molecule has 1 aliphatic heterocycles. The zero-order chi connectivity index (χ0) is 11.7. The minimum absolute atomic E-state index is 0.0345. The molecule has 0 aromatic rings. The summed E-state index contributed by atoms with van der Waals surface area (Å²) in [7, 11) is 0. The summed E-state index contributed by atoms with van der Waals surface area (Å²) in [5.74, 6) is -1.81. The summed E-state index contributed by atoms with van der Waals surface area (Å²) in [6, 6.07) is 0.0440. The van der Waals surface area contributed by atoms with Crippen molar-refractivity contribution >= 4 is 11.9 Å².